The molecule has 3 nitrogen and oxygen atoms in total. The summed E-state index contributed by atoms with van der Waals surface area (Å²) in [5.74, 6) is 0. The van der Waals surface area contributed by atoms with E-state index in [1.54, 1.807) is 6.20 Å². The fourth-order valence-corrected chi connectivity index (χ4v) is 2.57. The standard InChI is InChI=1S/C18H19N3/c1-13-5-2-3-6-14(13)10-12-20-17-9-8-16(19)18-15(17)7-4-11-21-18/h2-9,11,20H,10,12,19H2,1H3. The van der Waals surface area contributed by atoms with E-state index in [1.807, 2.05) is 18.2 Å². The molecule has 106 valence electrons. The number of rotatable bonds is 4. The molecule has 0 radical (unpaired) electrons. The maximum atomic E-state index is 5.97. The fraction of sp³-hybridized carbons (Fsp3) is 0.167. The lowest BCUT2D eigenvalue weighted by molar-refractivity contribution is 1.01. The number of pyridine rings is 1. The predicted octanol–water partition coefficient (Wildman–Crippen LogP) is 3.78. The molecule has 1 heterocycles. The Morgan fingerprint density at radius 2 is 1.90 bits per heavy atom. The van der Waals surface area contributed by atoms with Gasteiger partial charge < -0.3 is 11.1 Å². The largest absolute Gasteiger partial charge is 0.397 e. The summed E-state index contributed by atoms with van der Waals surface area (Å²) in [6, 6.07) is 16.4. The van der Waals surface area contributed by atoms with Crippen LogP contribution in [0.1, 0.15) is 11.1 Å². The molecule has 3 N–H and O–H groups in total. The summed E-state index contributed by atoms with van der Waals surface area (Å²) in [6.45, 7) is 3.04. The third-order valence-corrected chi connectivity index (χ3v) is 3.77. The number of aromatic nitrogens is 1. The minimum atomic E-state index is 0.718. The van der Waals surface area contributed by atoms with E-state index in [-0.39, 0.29) is 0 Å². The second-order valence-corrected chi connectivity index (χ2v) is 5.21. The molecule has 0 aliphatic heterocycles. The Hall–Kier alpha value is -2.55. The van der Waals surface area contributed by atoms with Gasteiger partial charge in [-0.2, -0.15) is 0 Å². The Morgan fingerprint density at radius 3 is 2.76 bits per heavy atom. The summed E-state index contributed by atoms with van der Waals surface area (Å²) in [5, 5.41) is 4.57. The molecule has 1 aromatic heterocycles. The van der Waals surface area contributed by atoms with Crippen LogP contribution in [-0.2, 0) is 6.42 Å². The molecule has 0 saturated carbocycles. The number of aryl methyl sites for hydroxylation is 1. The fourth-order valence-electron chi connectivity index (χ4n) is 2.57. The molecule has 0 aliphatic carbocycles. The van der Waals surface area contributed by atoms with Gasteiger partial charge in [-0.15, -0.1) is 0 Å². The zero-order chi connectivity index (χ0) is 14.7. The normalized spacial score (nSPS) is 10.7. The van der Waals surface area contributed by atoms with Crippen molar-refractivity contribution in [3.63, 3.8) is 0 Å². The Labute approximate surface area is 124 Å². The van der Waals surface area contributed by atoms with Crippen LogP contribution in [0.5, 0.6) is 0 Å². The molecule has 0 fully saturated rings. The van der Waals surface area contributed by atoms with E-state index < -0.39 is 0 Å². The number of anilines is 2. The second-order valence-electron chi connectivity index (χ2n) is 5.21. The molecule has 3 heteroatoms. The van der Waals surface area contributed by atoms with Crippen molar-refractivity contribution in [3.8, 4) is 0 Å². The van der Waals surface area contributed by atoms with Gasteiger partial charge in [0.25, 0.3) is 0 Å². The lowest BCUT2D eigenvalue weighted by Gasteiger charge is -2.11. The first-order valence-corrected chi connectivity index (χ1v) is 7.17. The van der Waals surface area contributed by atoms with E-state index in [9.17, 15) is 0 Å². The predicted molar refractivity (Wildman–Crippen MR) is 89.5 cm³/mol. The highest BCUT2D eigenvalue weighted by Crippen LogP contribution is 2.26. The molecule has 0 amide bonds. The van der Waals surface area contributed by atoms with Crippen LogP contribution in [0.25, 0.3) is 10.9 Å². The monoisotopic (exact) mass is 277 g/mol. The van der Waals surface area contributed by atoms with Gasteiger partial charge in [0, 0.05) is 23.8 Å². The van der Waals surface area contributed by atoms with Crippen LogP contribution in [-0.4, -0.2) is 11.5 Å². The first-order valence-electron chi connectivity index (χ1n) is 7.17. The van der Waals surface area contributed by atoms with Gasteiger partial charge in [-0.1, -0.05) is 24.3 Å². The van der Waals surface area contributed by atoms with Crippen molar-refractivity contribution in [1.82, 2.24) is 4.98 Å². The maximum absolute atomic E-state index is 5.97. The lowest BCUT2D eigenvalue weighted by Crippen LogP contribution is -2.06. The number of nitrogen functional groups attached to an aromatic ring is 1. The van der Waals surface area contributed by atoms with Crippen molar-refractivity contribution in [3.05, 3.63) is 65.9 Å². The van der Waals surface area contributed by atoms with E-state index >= 15 is 0 Å². The van der Waals surface area contributed by atoms with Crippen molar-refractivity contribution in [1.29, 1.82) is 0 Å². The van der Waals surface area contributed by atoms with Crippen LogP contribution in [0.2, 0.25) is 0 Å². The van der Waals surface area contributed by atoms with E-state index in [0.29, 0.717) is 0 Å². The number of hydrogen-bond donors (Lipinski definition) is 2. The first kappa shape index (κ1) is 13.4. The molecule has 0 bridgehead atoms. The third-order valence-electron chi connectivity index (χ3n) is 3.77. The summed E-state index contributed by atoms with van der Waals surface area (Å²) < 4.78 is 0. The van der Waals surface area contributed by atoms with Crippen LogP contribution in [0.3, 0.4) is 0 Å². The Bertz CT molecular complexity index is 765. The van der Waals surface area contributed by atoms with Crippen LogP contribution >= 0.6 is 0 Å². The van der Waals surface area contributed by atoms with Crippen molar-refractivity contribution in [2.75, 3.05) is 17.6 Å². The molecule has 0 aliphatic rings. The van der Waals surface area contributed by atoms with Crippen LogP contribution in [0, 0.1) is 6.92 Å². The molecular formula is C18H19N3. The van der Waals surface area contributed by atoms with Gasteiger partial charge in [-0.05, 0) is 48.7 Å². The van der Waals surface area contributed by atoms with Gasteiger partial charge in [0.15, 0.2) is 0 Å². The number of nitrogens with zero attached hydrogens (tertiary/aromatic N) is 1. The molecule has 2 aromatic carbocycles. The van der Waals surface area contributed by atoms with E-state index in [0.717, 1.165) is 35.2 Å². The Morgan fingerprint density at radius 1 is 1.05 bits per heavy atom. The summed E-state index contributed by atoms with van der Waals surface area (Å²) in [7, 11) is 0. The smallest absolute Gasteiger partial charge is 0.0951 e. The quantitative estimate of drug-likeness (QED) is 0.713. The number of nitrogens with one attached hydrogen (secondary N) is 1. The van der Waals surface area contributed by atoms with Gasteiger partial charge in [0.1, 0.15) is 0 Å². The van der Waals surface area contributed by atoms with E-state index in [4.69, 9.17) is 5.73 Å². The zero-order valence-electron chi connectivity index (χ0n) is 12.1. The van der Waals surface area contributed by atoms with Gasteiger partial charge >= 0.3 is 0 Å². The minimum Gasteiger partial charge on any atom is -0.397 e. The summed E-state index contributed by atoms with van der Waals surface area (Å²) in [5.41, 5.74) is 11.3. The molecule has 0 spiro atoms. The zero-order valence-corrected chi connectivity index (χ0v) is 12.1. The van der Waals surface area contributed by atoms with Crippen molar-refractivity contribution in [2.24, 2.45) is 0 Å². The highest BCUT2D eigenvalue weighted by atomic mass is 14.9. The summed E-state index contributed by atoms with van der Waals surface area (Å²) in [6.07, 6.45) is 2.77. The summed E-state index contributed by atoms with van der Waals surface area (Å²) >= 11 is 0. The molecule has 3 aromatic rings. The maximum Gasteiger partial charge on any atom is 0.0951 e. The number of hydrogen-bond acceptors (Lipinski definition) is 3. The lowest BCUT2D eigenvalue weighted by atomic mass is 10.1. The first-order chi connectivity index (χ1) is 10.3. The SMILES string of the molecule is Cc1ccccc1CCNc1ccc(N)c2ncccc12. The molecule has 0 unspecified atom stereocenters. The molecule has 3 rings (SSSR count). The Balaban J connectivity index is 1.77. The second kappa shape index (κ2) is 5.83. The number of nitrogens with two attached hydrogens (primary N) is 1. The molecule has 0 saturated heterocycles. The van der Waals surface area contributed by atoms with Crippen LogP contribution in [0.4, 0.5) is 11.4 Å². The van der Waals surface area contributed by atoms with E-state index in [2.05, 4.69) is 47.6 Å². The van der Waals surface area contributed by atoms with Crippen molar-refractivity contribution >= 4 is 22.3 Å². The number of benzene rings is 2. The van der Waals surface area contributed by atoms with Crippen LogP contribution in [0.15, 0.2) is 54.7 Å². The van der Waals surface area contributed by atoms with Gasteiger partial charge in [0.2, 0.25) is 0 Å². The topological polar surface area (TPSA) is 50.9 Å². The van der Waals surface area contributed by atoms with Crippen molar-refractivity contribution in [2.45, 2.75) is 13.3 Å². The molecule has 0 atom stereocenters. The Kier molecular flexibility index (Phi) is 3.73. The molecule has 21 heavy (non-hydrogen) atoms. The van der Waals surface area contributed by atoms with Gasteiger partial charge in [-0.25, -0.2) is 0 Å². The highest BCUT2D eigenvalue weighted by molar-refractivity contribution is 5.98. The number of fused-ring (bicyclic) bond motifs is 1. The van der Waals surface area contributed by atoms with Crippen molar-refractivity contribution < 1.29 is 0 Å². The third kappa shape index (κ3) is 2.82. The van der Waals surface area contributed by atoms with Gasteiger partial charge in [-0.3, -0.25) is 4.98 Å². The van der Waals surface area contributed by atoms with Crippen LogP contribution < -0.4 is 11.1 Å². The molecular weight excluding hydrogens is 258 g/mol. The average Bonchev–Trinajstić information content (AvgIpc) is 2.52. The minimum absolute atomic E-state index is 0.718. The highest BCUT2D eigenvalue weighted by Gasteiger charge is 2.04. The van der Waals surface area contributed by atoms with E-state index in [1.165, 1.54) is 11.1 Å². The van der Waals surface area contributed by atoms with Gasteiger partial charge in [0.05, 0.1) is 11.2 Å². The average molecular weight is 277 g/mol. The summed E-state index contributed by atoms with van der Waals surface area (Å²) in [4.78, 5) is 4.36.